The molecule has 1 aliphatic carbocycles. The van der Waals surface area contributed by atoms with Crippen LogP contribution >= 0.6 is 22.6 Å². The quantitative estimate of drug-likeness (QED) is 0.856. The first kappa shape index (κ1) is 12.2. The Morgan fingerprint density at radius 2 is 2.39 bits per heavy atom. The SMILES string of the molecule is Ic1ccc(CNC2CCCC2n2ccnc2)o1. The van der Waals surface area contributed by atoms with Crippen molar-refractivity contribution in [3.63, 3.8) is 0 Å². The molecule has 2 heterocycles. The summed E-state index contributed by atoms with van der Waals surface area (Å²) in [5, 5.41) is 3.60. The van der Waals surface area contributed by atoms with E-state index >= 15 is 0 Å². The highest BCUT2D eigenvalue weighted by molar-refractivity contribution is 14.1. The van der Waals surface area contributed by atoms with E-state index in [4.69, 9.17) is 4.42 Å². The molecule has 2 aromatic rings. The summed E-state index contributed by atoms with van der Waals surface area (Å²) in [6.07, 6.45) is 9.55. The minimum absolute atomic E-state index is 0.516. The third kappa shape index (κ3) is 2.61. The summed E-state index contributed by atoms with van der Waals surface area (Å²) in [6.45, 7) is 0.804. The Bertz CT molecular complexity index is 494. The van der Waals surface area contributed by atoms with Gasteiger partial charge in [0, 0.05) is 24.5 Å². The second kappa shape index (κ2) is 5.44. The first-order valence-corrected chi connectivity index (χ1v) is 7.36. The van der Waals surface area contributed by atoms with Gasteiger partial charge in [-0.2, -0.15) is 0 Å². The molecular weight excluding hydrogens is 341 g/mol. The Hall–Kier alpha value is -0.820. The van der Waals surface area contributed by atoms with Crippen molar-refractivity contribution in [3.05, 3.63) is 40.4 Å². The zero-order chi connectivity index (χ0) is 12.4. The predicted molar refractivity (Wildman–Crippen MR) is 77.2 cm³/mol. The van der Waals surface area contributed by atoms with Crippen molar-refractivity contribution in [3.8, 4) is 0 Å². The van der Waals surface area contributed by atoms with E-state index in [2.05, 4.69) is 43.7 Å². The summed E-state index contributed by atoms with van der Waals surface area (Å²) in [5.74, 6) is 1.01. The topological polar surface area (TPSA) is 43.0 Å². The Kier molecular flexibility index (Phi) is 3.69. The highest BCUT2D eigenvalue weighted by atomic mass is 127. The molecule has 1 saturated carbocycles. The van der Waals surface area contributed by atoms with Crippen LogP contribution in [0, 0.1) is 3.77 Å². The molecule has 2 unspecified atom stereocenters. The number of nitrogens with zero attached hydrogens (tertiary/aromatic N) is 2. The average Bonchev–Trinajstić information content (AvgIpc) is 3.07. The first-order chi connectivity index (χ1) is 8.83. The molecule has 0 amide bonds. The maximum absolute atomic E-state index is 5.57. The summed E-state index contributed by atoms with van der Waals surface area (Å²) in [5.41, 5.74) is 0. The molecule has 4 nitrogen and oxygen atoms in total. The lowest BCUT2D eigenvalue weighted by Crippen LogP contribution is -2.33. The highest BCUT2D eigenvalue weighted by Gasteiger charge is 2.27. The van der Waals surface area contributed by atoms with Gasteiger partial charge in [-0.15, -0.1) is 0 Å². The number of rotatable bonds is 4. The zero-order valence-corrected chi connectivity index (χ0v) is 12.2. The van der Waals surface area contributed by atoms with Gasteiger partial charge >= 0.3 is 0 Å². The molecule has 18 heavy (non-hydrogen) atoms. The number of hydrogen-bond acceptors (Lipinski definition) is 3. The second-order valence-corrected chi connectivity index (χ2v) is 5.76. The van der Waals surface area contributed by atoms with Crippen molar-refractivity contribution in [1.82, 2.24) is 14.9 Å². The fourth-order valence-electron chi connectivity index (χ4n) is 2.68. The van der Waals surface area contributed by atoms with Crippen LogP contribution in [-0.2, 0) is 6.54 Å². The summed E-state index contributed by atoms with van der Waals surface area (Å²) < 4.78 is 8.74. The largest absolute Gasteiger partial charge is 0.454 e. The van der Waals surface area contributed by atoms with Crippen LogP contribution in [0.5, 0.6) is 0 Å². The molecule has 2 atom stereocenters. The molecule has 0 aromatic carbocycles. The lowest BCUT2D eigenvalue weighted by molar-refractivity contribution is 0.368. The monoisotopic (exact) mass is 357 g/mol. The van der Waals surface area contributed by atoms with Crippen LogP contribution in [0.4, 0.5) is 0 Å². The van der Waals surface area contributed by atoms with Gasteiger partial charge in [-0.1, -0.05) is 0 Å². The lowest BCUT2D eigenvalue weighted by atomic mass is 10.1. The molecule has 2 aromatic heterocycles. The molecule has 5 heteroatoms. The molecule has 3 rings (SSSR count). The van der Waals surface area contributed by atoms with E-state index in [-0.39, 0.29) is 0 Å². The van der Waals surface area contributed by atoms with Gasteiger partial charge in [0.25, 0.3) is 0 Å². The van der Waals surface area contributed by atoms with Gasteiger partial charge < -0.3 is 14.3 Å². The number of hydrogen-bond donors (Lipinski definition) is 1. The van der Waals surface area contributed by atoms with E-state index in [9.17, 15) is 0 Å². The van der Waals surface area contributed by atoms with Gasteiger partial charge in [0.05, 0.1) is 12.9 Å². The molecule has 0 radical (unpaired) electrons. The molecule has 0 spiro atoms. The summed E-state index contributed by atoms with van der Waals surface area (Å²) >= 11 is 2.19. The van der Waals surface area contributed by atoms with Crippen LogP contribution < -0.4 is 5.32 Å². The van der Waals surface area contributed by atoms with Gasteiger partial charge in [-0.05, 0) is 54.0 Å². The third-order valence-corrected chi connectivity index (χ3v) is 4.13. The van der Waals surface area contributed by atoms with E-state index in [0.29, 0.717) is 12.1 Å². The Morgan fingerprint density at radius 3 is 3.11 bits per heavy atom. The molecule has 0 saturated heterocycles. The standard InChI is InChI=1S/C13H16IN3O/c14-13-5-4-10(18-13)8-16-11-2-1-3-12(11)17-7-6-15-9-17/h4-7,9,11-12,16H,1-3,8H2. The number of halogens is 1. The van der Waals surface area contributed by atoms with E-state index in [1.807, 2.05) is 24.7 Å². The van der Waals surface area contributed by atoms with E-state index < -0.39 is 0 Å². The van der Waals surface area contributed by atoms with Crippen LogP contribution in [-0.4, -0.2) is 15.6 Å². The van der Waals surface area contributed by atoms with Crippen molar-refractivity contribution in [1.29, 1.82) is 0 Å². The van der Waals surface area contributed by atoms with E-state index in [0.717, 1.165) is 16.1 Å². The van der Waals surface area contributed by atoms with Crippen LogP contribution in [0.25, 0.3) is 0 Å². The van der Waals surface area contributed by atoms with Crippen LogP contribution in [0.3, 0.4) is 0 Å². The molecular formula is C13H16IN3O. The third-order valence-electron chi connectivity index (χ3n) is 3.55. The van der Waals surface area contributed by atoms with Crippen LogP contribution in [0.1, 0.15) is 31.1 Å². The number of aromatic nitrogens is 2. The molecule has 96 valence electrons. The smallest absolute Gasteiger partial charge is 0.164 e. The second-order valence-electron chi connectivity index (χ2n) is 4.70. The molecule has 1 N–H and O–H groups in total. The van der Waals surface area contributed by atoms with Gasteiger partial charge in [0.1, 0.15) is 5.76 Å². The van der Waals surface area contributed by atoms with Crippen molar-refractivity contribution in [2.45, 2.75) is 37.9 Å². The number of furan rings is 1. The lowest BCUT2D eigenvalue weighted by Gasteiger charge is -2.21. The maximum Gasteiger partial charge on any atom is 0.164 e. The molecule has 0 bridgehead atoms. The van der Waals surface area contributed by atoms with Gasteiger partial charge in [0.2, 0.25) is 0 Å². The minimum Gasteiger partial charge on any atom is -0.454 e. The van der Waals surface area contributed by atoms with Crippen molar-refractivity contribution in [2.75, 3.05) is 0 Å². The first-order valence-electron chi connectivity index (χ1n) is 6.28. The fraction of sp³-hybridized carbons (Fsp3) is 0.462. The Morgan fingerprint density at radius 1 is 1.44 bits per heavy atom. The average molecular weight is 357 g/mol. The summed E-state index contributed by atoms with van der Waals surface area (Å²) in [7, 11) is 0. The van der Waals surface area contributed by atoms with Crippen molar-refractivity contribution < 1.29 is 4.42 Å². The van der Waals surface area contributed by atoms with E-state index in [1.165, 1.54) is 19.3 Å². The summed E-state index contributed by atoms with van der Waals surface area (Å²) in [6, 6.07) is 5.08. The maximum atomic E-state index is 5.57. The minimum atomic E-state index is 0.516. The van der Waals surface area contributed by atoms with E-state index in [1.54, 1.807) is 0 Å². The Labute approximate surface area is 120 Å². The highest BCUT2D eigenvalue weighted by Crippen LogP contribution is 2.30. The molecule has 1 aliphatic rings. The normalized spacial score (nSPS) is 23.6. The van der Waals surface area contributed by atoms with Gasteiger partial charge in [-0.25, -0.2) is 4.98 Å². The van der Waals surface area contributed by atoms with Gasteiger partial charge in [-0.3, -0.25) is 0 Å². The van der Waals surface area contributed by atoms with Crippen LogP contribution in [0.15, 0.2) is 35.3 Å². The molecule has 1 fully saturated rings. The fourth-order valence-corrected chi connectivity index (χ4v) is 3.14. The molecule has 0 aliphatic heterocycles. The number of imidazole rings is 1. The van der Waals surface area contributed by atoms with Crippen molar-refractivity contribution in [2.24, 2.45) is 0 Å². The predicted octanol–water partition coefficient (Wildman–Crippen LogP) is 2.96. The van der Waals surface area contributed by atoms with Crippen molar-refractivity contribution >= 4 is 22.6 Å². The van der Waals surface area contributed by atoms with Gasteiger partial charge in [0.15, 0.2) is 3.77 Å². The zero-order valence-electron chi connectivity index (χ0n) is 10.1. The number of nitrogens with one attached hydrogen (secondary N) is 1. The summed E-state index contributed by atoms with van der Waals surface area (Å²) in [4.78, 5) is 4.14. The van der Waals surface area contributed by atoms with Crippen LogP contribution in [0.2, 0.25) is 0 Å². The Balaban J connectivity index is 1.62.